The monoisotopic (exact) mass is 288 g/mol. The molecule has 0 radical (unpaired) electrons. The van der Waals surface area contributed by atoms with Crippen molar-refractivity contribution in [3.63, 3.8) is 0 Å². The van der Waals surface area contributed by atoms with Crippen LogP contribution in [0.5, 0.6) is 5.75 Å². The first-order valence-electron chi connectivity index (χ1n) is 4.78. The average molecular weight is 289 g/mol. The summed E-state index contributed by atoms with van der Waals surface area (Å²) >= 11 is 3.28. The van der Waals surface area contributed by atoms with Gasteiger partial charge in [-0.15, -0.1) is 0 Å². The highest BCUT2D eigenvalue weighted by atomic mass is 79.9. The number of halogens is 1. The number of esters is 1. The predicted octanol–water partition coefficient (Wildman–Crippen LogP) is 2.05. The second kappa shape index (κ2) is 5.86. The maximum absolute atomic E-state index is 11.4. The fraction of sp³-hybridized carbons (Fsp3) is 0.364. The van der Waals surface area contributed by atoms with Gasteiger partial charge in [0, 0.05) is 10.0 Å². The summed E-state index contributed by atoms with van der Waals surface area (Å²) in [6.07, 6.45) is -1.32. The Labute approximate surface area is 102 Å². The maximum atomic E-state index is 11.4. The largest absolute Gasteiger partial charge is 0.496 e. The van der Waals surface area contributed by atoms with E-state index in [1.54, 1.807) is 25.1 Å². The summed E-state index contributed by atoms with van der Waals surface area (Å²) in [4.78, 5) is 11.4. The topological polar surface area (TPSA) is 55.8 Å². The van der Waals surface area contributed by atoms with Gasteiger partial charge in [-0.3, -0.25) is 0 Å². The number of ether oxygens (including phenoxy) is 2. The highest BCUT2D eigenvalue weighted by Gasteiger charge is 2.22. The smallest absolute Gasteiger partial charge is 0.339 e. The molecule has 0 spiro atoms. The number of hydrogen-bond acceptors (Lipinski definition) is 4. The van der Waals surface area contributed by atoms with Crippen molar-refractivity contribution in [3.8, 4) is 5.75 Å². The summed E-state index contributed by atoms with van der Waals surface area (Å²) < 4.78 is 10.6. The Morgan fingerprint density at radius 2 is 2.25 bits per heavy atom. The summed E-state index contributed by atoms with van der Waals surface area (Å²) in [5.41, 5.74) is 0.393. The van der Waals surface area contributed by atoms with Crippen LogP contribution in [-0.4, -0.2) is 24.8 Å². The zero-order valence-corrected chi connectivity index (χ0v) is 10.7. The molecule has 16 heavy (non-hydrogen) atoms. The van der Waals surface area contributed by atoms with E-state index in [0.29, 0.717) is 11.3 Å². The molecule has 0 saturated heterocycles. The summed E-state index contributed by atoms with van der Waals surface area (Å²) in [7, 11) is 1.48. The van der Waals surface area contributed by atoms with Gasteiger partial charge in [-0.2, -0.15) is 0 Å². The number of hydrogen-bond donors (Lipinski definition) is 1. The van der Waals surface area contributed by atoms with Crippen LogP contribution in [-0.2, 0) is 9.53 Å². The highest BCUT2D eigenvalue weighted by Crippen LogP contribution is 2.29. The van der Waals surface area contributed by atoms with Crippen molar-refractivity contribution in [1.82, 2.24) is 0 Å². The first kappa shape index (κ1) is 13.0. The zero-order chi connectivity index (χ0) is 12.1. The van der Waals surface area contributed by atoms with Crippen LogP contribution in [0.2, 0.25) is 0 Å². The van der Waals surface area contributed by atoms with Crippen LogP contribution in [0.15, 0.2) is 22.7 Å². The molecule has 88 valence electrons. The van der Waals surface area contributed by atoms with Crippen molar-refractivity contribution < 1.29 is 19.4 Å². The molecule has 0 aromatic heterocycles. The van der Waals surface area contributed by atoms with E-state index in [1.807, 2.05) is 0 Å². The molecule has 0 aliphatic rings. The minimum Gasteiger partial charge on any atom is -0.496 e. The number of benzene rings is 1. The molecule has 0 aliphatic heterocycles. The van der Waals surface area contributed by atoms with Gasteiger partial charge >= 0.3 is 5.97 Å². The van der Waals surface area contributed by atoms with Gasteiger partial charge < -0.3 is 14.6 Å². The summed E-state index contributed by atoms with van der Waals surface area (Å²) in [6.45, 7) is 1.91. The minimum atomic E-state index is -1.32. The number of methoxy groups -OCH3 is 1. The van der Waals surface area contributed by atoms with Crippen molar-refractivity contribution in [3.05, 3.63) is 28.2 Å². The molecule has 1 N–H and O–H groups in total. The first-order valence-corrected chi connectivity index (χ1v) is 5.57. The van der Waals surface area contributed by atoms with E-state index in [4.69, 9.17) is 9.47 Å². The Balaban J connectivity index is 2.98. The molecule has 1 aromatic carbocycles. The number of aliphatic hydroxyl groups excluding tert-OH is 1. The molecule has 0 fully saturated rings. The van der Waals surface area contributed by atoms with Crippen molar-refractivity contribution in [2.45, 2.75) is 13.0 Å². The Hall–Kier alpha value is -1.07. The zero-order valence-electron chi connectivity index (χ0n) is 9.07. The summed E-state index contributed by atoms with van der Waals surface area (Å²) in [5, 5.41) is 9.75. The molecular formula is C11H13BrO4. The van der Waals surface area contributed by atoms with Crippen molar-refractivity contribution in [2.24, 2.45) is 0 Å². The fourth-order valence-electron chi connectivity index (χ4n) is 1.26. The SMILES string of the molecule is CCOC(=O)C(O)c1ccc(Br)cc1OC. The van der Waals surface area contributed by atoms with Gasteiger partial charge in [-0.1, -0.05) is 22.0 Å². The van der Waals surface area contributed by atoms with Crippen LogP contribution in [0.4, 0.5) is 0 Å². The van der Waals surface area contributed by atoms with Crippen LogP contribution in [0, 0.1) is 0 Å². The quantitative estimate of drug-likeness (QED) is 0.862. The van der Waals surface area contributed by atoms with E-state index in [-0.39, 0.29) is 6.61 Å². The Kier molecular flexibility index (Phi) is 4.76. The van der Waals surface area contributed by atoms with Crippen LogP contribution < -0.4 is 4.74 Å². The van der Waals surface area contributed by atoms with E-state index >= 15 is 0 Å². The first-order chi connectivity index (χ1) is 7.60. The molecule has 0 heterocycles. The van der Waals surface area contributed by atoms with E-state index in [0.717, 1.165) is 4.47 Å². The van der Waals surface area contributed by atoms with Gasteiger partial charge in [-0.05, 0) is 19.1 Å². The van der Waals surface area contributed by atoms with Crippen LogP contribution >= 0.6 is 15.9 Å². The number of carbonyl (C=O) groups is 1. The second-order valence-electron chi connectivity index (χ2n) is 3.04. The molecule has 4 nitrogen and oxygen atoms in total. The lowest BCUT2D eigenvalue weighted by Gasteiger charge is -2.13. The van der Waals surface area contributed by atoms with Gasteiger partial charge in [0.15, 0.2) is 6.10 Å². The molecule has 0 bridgehead atoms. The van der Waals surface area contributed by atoms with E-state index in [2.05, 4.69) is 15.9 Å². The molecule has 0 aliphatic carbocycles. The molecule has 5 heteroatoms. The Morgan fingerprint density at radius 3 is 2.81 bits per heavy atom. The third-order valence-corrected chi connectivity index (χ3v) is 2.49. The average Bonchev–Trinajstić information content (AvgIpc) is 2.28. The molecule has 1 aromatic rings. The molecule has 1 unspecified atom stereocenters. The normalized spacial score (nSPS) is 12.0. The lowest BCUT2D eigenvalue weighted by atomic mass is 10.1. The number of rotatable bonds is 4. The minimum absolute atomic E-state index is 0.231. The van der Waals surface area contributed by atoms with E-state index in [1.165, 1.54) is 7.11 Å². The van der Waals surface area contributed by atoms with Gasteiger partial charge in [0.25, 0.3) is 0 Å². The molecular weight excluding hydrogens is 276 g/mol. The van der Waals surface area contributed by atoms with Gasteiger partial charge in [0.05, 0.1) is 13.7 Å². The molecule has 1 atom stereocenters. The molecule has 1 rings (SSSR count). The standard InChI is InChI=1S/C11H13BrO4/c1-3-16-11(14)10(13)8-5-4-7(12)6-9(8)15-2/h4-6,10,13H,3H2,1-2H3. The van der Waals surface area contributed by atoms with Crippen molar-refractivity contribution in [2.75, 3.05) is 13.7 Å². The van der Waals surface area contributed by atoms with E-state index < -0.39 is 12.1 Å². The lowest BCUT2D eigenvalue weighted by molar-refractivity contribution is -0.153. The lowest BCUT2D eigenvalue weighted by Crippen LogP contribution is -2.16. The second-order valence-corrected chi connectivity index (χ2v) is 3.96. The third-order valence-electron chi connectivity index (χ3n) is 2.00. The van der Waals surface area contributed by atoms with Gasteiger partial charge in [-0.25, -0.2) is 4.79 Å². The van der Waals surface area contributed by atoms with E-state index in [9.17, 15) is 9.90 Å². The number of aliphatic hydroxyl groups is 1. The Bertz CT molecular complexity index is 378. The van der Waals surface area contributed by atoms with Crippen LogP contribution in [0.3, 0.4) is 0 Å². The van der Waals surface area contributed by atoms with Crippen molar-refractivity contribution in [1.29, 1.82) is 0 Å². The maximum Gasteiger partial charge on any atom is 0.339 e. The molecule has 0 saturated carbocycles. The van der Waals surface area contributed by atoms with Gasteiger partial charge in [0.1, 0.15) is 5.75 Å². The van der Waals surface area contributed by atoms with Crippen LogP contribution in [0.1, 0.15) is 18.6 Å². The predicted molar refractivity (Wildman–Crippen MR) is 62.3 cm³/mol. The van der Waals surface area contributed by atoms with Gasteiger partial charge in [0.2, 0.25) is 0 Å². The fourth-order valence-corrected chi connectivity index (χ4v) is 1.60. The summed E-state index contributed by atoms with van der Waals surface area (Å²) in [6, 6.07) is 5.02. The number of carbonyl (C=O) groups excluding carboxylic acids is 1. The summed E-state index contributed by atoms with van der Waals surface area (Å²) in [5.74, 6) is -0.238. The highest BCUT2D eigenvalue weighted by molar-refractivity contribution is 9.10. The van der Waals surface area contributed by atoms with Crippen LogP contribution in [0.25, 0.3) is 0 Å². The third kappa shape index (κ3) is 2.96. The Morgan fingerprint density at radius 1 is 1.56 bits per heavy atom. The van der Waals surface area contributed by atoms with Crippen molar-refractivity contribution >= 4 is 21.9 Å². The molecule has 0 amide bonds.